The molecular formula is C22H24N2O6. The third-order valence-electron chi connectivity index (χ3n) is 4.91. The summed E-state index contributed by atoms with van der Waals surface area (Å²) in [5.74, 6) is -0.900. The number of aromatic hydroxyl groups is 1. The maximum Gasteiger partial charge on any atom is 0.408 e. The minimum atomic E-state index is -0.864. The molecule has 0 saturated carbocycles. The van der Waals surface area contributed by atoms with Crippen molar-refractivity contribution in [3.63, 3.8) is 0 Å². The van der Waals surface area contributed by atoms with E-state index in [9.17, 15) is 19.5 Å². The van der Waals surface area contributed by atoms with Crippen LogP contribution >= 0.6 is 0 Å². The standard InChI is InChI=1S/C22H24N2O6/c1-29-21(27)17-12-24(13-17)20(26)19(11-15-7-9-18(25)10-8-15)23-22(28)30-14-16-5-3-2-4-6-16/h2-10,17,19,25H,11-14H2,1H3,(H,23,28). The van der Waals surface area contributed by atoms with Crippen LogP contribution in [0.5, 0.6) is 5.75 Å². The van der Waals surface area contributed by atoms with Gasteiger partial charge in [0.05, 0.1) is 13.0 Å². The van der Waals surface area contributed by atoms with E-state index >= 15 is 0 Å². The normalized spacial score (nSPS) is 14.4. The fourth-order valence-corrected chi connectivity index (χ4v) is 3.17. The Morgan fingerprint density at radius 2 is 1.73 bits per heavy atom. The highest BCUT2D eigenvalue weighted by Gasteiger charge is 2.39. The van der Waals surface area contributed by atoms with Gasteiger partial charge in [0, 0.05) is 19.5 Å². The molecule has 1 atom stereocenters. The van der Waals surface area contributed by atoms with Crippen molar-refractivity contribution < 1.29 is 29.0 Å². The Morgan fingerprint density at radius 3 is 2.37 bits per heavy atom. The van der Waals surface area contributed by atoms with Crippen molar-refractivity contribution in [1.82, 2.24) is 10.2 Å². The highest BCUT2D eigenvalue weighted by atomic mass is 16.5. The van der Waals surface area contributed by atoms with E-state index in [1.165, 1.54) is 24.1 Å². The van der Waals surface area contributed by atoms with Gasteiger partial charge in [-0.15, -0.1) is 0 Å². The summed E-state index contributed by atoms with van der Waals surface area (Å²) in [6, 6.07) is 14.7. The van der Waals surface area contributed by atoms with E-state index < -0.39 is 12.1 Å². The van der Waals surface area contributed by atoms with Gasteiger partial charge in [0.1, 0.15) is 18.4 Å². The Balaban J connectivity index is 1.62. The first-order valence-corrected chi connectivity index (χ1v) is 9.58. The van der Waals surface area contributed by atoms with Crippen LogP contribution in [0.1, 0.15) is 11.1 Å². The molecule has 1 saturated heterocycles. The van der Waals surface area contributed by atoms with Gasteiger partial charge in [-0.2, -0.15) is 0 Å². The van der Waals surface area contributed by atoms with Gasteiger partial charge in [0.25, 0.3) is 0 Å². The summed E-state index contributed by atoms with van der Waals surface area (Å²) >= 11 is 0. The molecule has 1 aliphatic heterocycles. The van der Waals surface area contributed by atoms with Crippen LogP contribution in [0.2, 0.25) is 0 Å². The quantitative estimate of drug-likeness (QED) is 0.673. The summed E-state index contributed by atoms with van der Waals surface area (Å²) in [7, 11) is 1.31. The van der Waals surface area contributed by atoms with Crippen molar-refractivity contribution in [2.24, 2.45) is 5.92 Å². The summed E-state index contributed by atoms with van der Waals surface area (Å²) in [6.45, 7) is 0.581. The molecule has 8 nitrogen and oxygen atoms in total. The maximum absolute atomic E-state index is 12.9. The lowest BCUT2D eigenvalue weighted by Gasteiger charge is -2.39. The van der Waals surface area contributed by atoms with E-state index in [0.717, 1.165) is 11.1 Å². The molecular weight excluding hydrogens is 388 g/mol. The van der Waals surface area contributed by atoms with E-state index in [0.29, 0.717) is 0 Å². The number of ether oxygens (including phenoxy) is 2. The Bertz CT molecular complexity index is 878. The van der Waals surface area contributed by atoms with Crippen molar-refractivity contribution in [3.05, 3.63) is 65.7 Å². The SMILES string of the molecule is COC(=O)C1CN(C(=O)C(Cc2ccc(O)cc2)NC(=O)OCc2ccccc2)C1. The fraction of sp³-hybridized carbons (Fsp3) is 0.318. The molecule has 1 fully saturated rings. The number of nitrogens with one attached hydrogen (secondary N) is 1. The first kappa shape index (κ1) is 21.2. The molecule has 0 spiro atoms. The van der Waals surface area contributed by atoms with Crippen LogP contribution in [0.15, 0.2) is 54.6 Å². The van der Waals surface area contributed by atoms with Crippen LogP contribution in [0, 0.1) is 5.92 Å². The zero-order valence-corrected chi connectivity index (χ0v) is 16.6. The molecule has 1 aliphatic rings. The average molecular weight is 412 g/mol. The molecule has 2 N–H and O–H groups in total. The first-order valence-electron chi connectivity index (χ1n) is 9.58. The zero-order valence-electron chi connectivity index (χ0n) is 16.6. The summed E-state index contributed by atoms with van der Waals surface area (Å²) in [4.78, 5) is 38.3. The van der Waals surface area contributed by atoms with Crippen molar-refractivity contribution >= 4 is 18.0 Å². The van der Waals surface area contributed by atoms with Crippen LogP contribution in [0.4, 0.5) is 4.79 Å². The smallest absolute Gasteiger partial charge is 0.408 e. The Hall–Kier alpha value is -3.55. The van der Waals surface area contributed by atoms with Crippen LogP contribution in [-0.2, 0) is 32.1 Å². The molecule has 2 aromatic rings. The minimum absolute atomic E-state index is 0.0842. The number of amides is 2. The number of esters is 1. The number of likely N-dealkylation sites (tertiary alicyclic amines) is 1. The molecule has 0 bridgehead atoms. The fourth-order valence-electron chi connectivity index (χ4n) is 3.17. The molecule has 30 heavy (non-hydrogen) atoms. The van der Waals surface area contributed by atoms with Crippen molar-refractivity contribution in [2.75, 3.05) is 20.2 Å². The van der Waals surface area contributed by atoms with E-state index in [2.05, 4.69) is 5.32 Å². The third kappa shape index (κ3) is 5.50. The number of hydrogen-bond donors (Lipinski definition) is 2. The topological polar surface area (TPSA) is 105 Å². The van der Waals surface area contributed by atoms with Gasteiger partial charge in [-0.1, -0.05) is 42.5 Å². The Kier molecular flexibility index (Phi) is 6.90. The number of nitrogens with zero attached hydrogens (tertiary/aromatic N) is 1. The van der Waals surface area contributed by atoms with E-state index in [4.69, 9.17) is 9.47 Å². The lowest BCUT2D eigenvalue weighted by Crippen LogP contribution is -2.59. The molecule has 0 radical (unpaired) electrons. The zero-order chi connectivity index (χ0) is 21.5. The molecule has 0 aliphatic carbocycles. The molecule has 2 amide bonds. The number of rotatable bonds is 7. The lowest BCUT2D eigenvalue weighted by atomic mass is 9.97. The first-order chi connectivity index (χ1) is 14.5. The van der Waals surface area contributed by atoms with Gasteiger partial charge in [-0.3, -0.25) is 9.59 Å². The second-order valence-electron chi connectivity index (χ2n) is 7.09. The number of carbonyl (C=O) groups excluding carboxylic acids is 3. The largest absolute Gasteiger partial charge is 0.508 e. The van der Waals surface area contributed by atoms with Gasteiger partial charge in [-0.05, 0) is 23.3 Å². The molecule has 158 valence electrons. The molecule has 0 aromatic heterocycles. The van der Waals surface area contributed by atoms with Gasteiger partial charge in [0.2, 0.25) is 5.91 Å². The number of alkyl carbamates (subject to hydrolysis) is 1. The highest BCUT2D eigenvalue weighted by Crippen LogP contribution is 2.20. The maximum atomic E-state index is 12.9. The number of benzene rings is 2. The summed E-state index contributed by atoms with van der Waals surface area (Å²) in [5, 5.41) is 12.1. The number of phenolic OH excluding ortho intramolecular Hbond substituents is 1. The van der Waals surface area contributed by atoms with Crippen LogP contribution < -0.4 is 5.32 Å². The number of methoxy groups -OCH3 is 1. The summed E-state index contributed by atoms with van der Waals surface area (Å²) < 4.78 is 9.94. The minimum Gasteiger partial charge on any atom is -0.508 e. The number of carbonyl (C=O) groups is 3. The van der Waals surface area contributed by atoms with Crippen molar-refractivity contribution in [2.45, 2.75) is 19.1 Å². The van der Waals surface area contributed by atoms with Gasteiger partial charge >= 0.3 is 12.1 Å². The van der Waals surface area contributed by atoms with Crippen LogP contribution in [0.25, 0.3) is 0 Å². The van der Waals surface area contributed by atoms with E-state index in [1.54, 1.807) is 12.1 Å². The van der Waals surface area contributed by atoms with Crippen molar-refractivity contribution in [1.29, 1.82) is 0 Å². The van der Waals surface area contributed by atoms with Crippen LogP contribution in [-0.4, -0.2) is 54.2 Å². The number of hydrogen-bond acceptors (Lipinski definition) is 6. The average Bonchev–Trinajstić information content (AvgIpc) is 2.72. The Morgan fingerprint density at radius 1 is 1.07 bits per heavy atom. The van der Waals surface area contributed by atoms with E-state index in [1.807, 2.05) is 30.3 Å². The highest BCUT2D eigenvalue weighted by molar-refractivity contribution is 5.88. The monoisotopic (exact) mass is 412 g/mol. The second-order valence-corrected chi connectivity index (χ2v) is 7.09. The Labute approximate surface area is 174 Å². The third-order valence-corrected chi connectivity index (χ3v) is 4.91. The predicted octanol–water partition coefficient (Wildman–Crippen LogP) is 1.86. The van der Waals surface area contributed by atoms with Gasteiger partial charge < -0.3 is 24.8 Å². The van der Waals surface area contributed by atoms with E-state index in [-0.39, 0.29) is 49.7 Å². The molecule has 2 aromatic carbocycles. The summed E-state index contributed by atoms with van der Waals surface area (Å²) in [5.41, 5.74) is 1.59. The predicted molar refractivity (Wildman–Crippen MR) is 107 cm³/mol. The molecule has 3 rings (SSSR count). The lowest BCUT2D eigenvalue weighted by molar-refractivity contribution is -0.156. The molecule has 1 unspecified atom stereocenters. The van der Waals surface area contributed by atoms with Crippen molar-refractivity contribution in [3.8, 4) is 5.75 Å². The summed E-state index contributed by atoms with van der Waals surface area (Å²) in [6.07, 6.45) is -0.486. The number of phenols is 1. The molecule has 1 heterocycles. The van der Waals surface area contributed by atoms with Gasteiger partial charge in [0.15, 0.2) is 0 Å². The second kappa shape index (κ2) is 9.78. The molecule has 8 heteroatoms. The van der Waals surface area contributed by atoms with Crippen LogP contribution in [0.3, 0.4) is 0 Å². The van der Waals surface area contributed by atoms with Gasteiger partial charge in [-0.25, -0.2) is 4.79 Å².